The van der Waals surface area contributed by atoms with E-state index in [9.17, 15) is 9.59 Å². The van der Waals surface area contributed by atoms with Crippen LogP contribution in [0.3, 0.4) is 0 Å². The number of benzene rings is 1. The van der Waals surface area contributed by atoms with E-state index in [0.29, 0.717) is 24.7 Å². The van der Waals surface area contributed by atoms with E-state index in [-0.39, 0.29) is 17.9 Å². The van der Waals surface area contributed by atoms with Gasteiger partial charge in [-0.15, -0.1) is 11.3 Å². The van der Waals surface area contributed by atoms with Crippen molar-refractivity contribution in [3.05, 3.63) is 59.1 Å². The summed E-state index contributed by atoms with van der Waals surface area (Å²) >= 11 is 1.64. The molecule has 2 aliphatic rings. The van der Waals surface area contributed by atoms with E-state index in [4.69, 9.17) is 0 Å². The maximum absolute atomic E-state index is 13.8. The van der Waals surface area contributed by atoms with Crippen molar-refractivity contribution in [1.82, 2.24) is 14.8 Å². The number of fused-ring (bicyclic) bond motifs is 3. The highest BCUT2D eigenvalue weighted by Gasteiger charge is 2.48. The van der Waals surface area contributed by atoms with E-state index in [1.165, 1.54) is 12.0 Å². The van der Waals surface area contributed by atoms with E-state index in [1.54, 1.807) is 11.3 Å². The summed E-state index contributed by atoms with van der Waals surface area (Å²) in [7, 11) is 0. The third-order valence-electron chi connectivity index (χ3n) is 7.66. The number of nitrogens with zero attached hydrogens (tertiary/aromatic N) is 2. The van der Waals surface area contributed by atoms with E-state index >= 15 is 0 Å². The summed E-state index contributed by atoms with van der Waals surface area (Å²) in [6.07, 6.45) is 6.28. The summed E-state index contributed by atoms with van der Waals surface area (Å²) in [6, 6.07) is 14.6. The average Bonchev–Trinajstić information content (AvgIpc) is 3.41. The molecule has 3 heterocycles. The lowest BCUT2D eigenvalue weighted by Crippen LogP contribution is -2.65. The van der Waals surface area contributed by atoms with Crippen molar-refractivity contribution in [3.63, 3.8) is 0 Å². The molecule has 5 nitrogen and oxygen atoms in total. The predicted octanol–water partition coefficient (Wildman–Crippen LogP) is 5.25. The van der Waals surface area contributed by atoms with Gasteiger partial charge < -0.3 is 14.8 Å². The highest BCUT2D eigenvalue weighted by molar-refractivity contribution is 7.17. The first-order valence-electron chi connectivity index (χ1n) is 12.2. The minimum Gasteiger partial charge on any atom is -0.351 e. The van der Waals surface area contributed by atoms with Gasteiger partial charge in [0.1, 0.15) is 11.2 Å². The van der Waals surface area contributed by atoms with Crippen molar-refractivity contribution in [1.29, 1.82) is 0 Å². The van der Waals surface area contributed by atoms with Gasteiger partial charge in [0.25, 0.3) is 5.91 Å². The molecule has 1 saturated carbocycles. The molecule has 1 aromatic carbocycles. The van der Waals surface area contributed by atoms with Gasteiger partial charge in [-0.2, -0.15) is 0 Å². The van der Waals surface area contributed by atoms with E-state index in [0.717, 1.165) is 42.3 Å². The predicted molar refractivity (Wildman–Crippen MR) is 134 cm³/mol. The lowest BCUT2D eigenvalue weighted by molar-refractivity contribution is -0.134. The Bertz CT molecular complexity index is 1150. The quantitative estimate of drug-likeness (QED) is 0.543. The second kappa shape index (κ2) is 8.98. The van der Waals surface area contributed by atoms with Gasteiger partial charge in [0.15, 0.2) is 0 Å². The minimum absolute atomic E-state index is 0.0166. The lowest BCUT2D eigenvalue weighted by atomic mass is 9.85. The fourth-order valence-corrected chi connectivity index (χ4v) is 6.39. The summed E-state index contributed by atoms with van der Waals surface area (Å²) in [4.78, 5) is 29.4. The van der Waals surface area contributed by atoms with Crippen LogP contribution in [0.15, 0.2) is 47.8 Å². The number of hydrogen-bond acceptors (Lipinski definition) is 3. The van der Waals surface area contributed by atoms with Crippen LogP contribution in [0.1, 0.15) is 62.0 Å². The van der Waals surface area contributed by atoms with Crippen molar-refractivity contribution < 1.29 is 9.59 Å². The largest absolute Gasteiger partial charge is 0.351 e. The van der Waals surface area contributed by atoms with Gasteiger partial charge in [0.2, 0.25) is 5.91 Å². The van der Waals surface area contributed by atoms with E-state index < -0.39 is 5.54 Å². The topological polar surface area (TPSA) is 54.3 Å². The van der Waals surface area contributed by atoms with Gasteiger partial charge in [0, 0.05) is 12.6 Å². The highest BCUT2D eigenvalue weighted by Crippen LogP contribution is 2.35. The average molecular weight is 464 g/mol. The Morgan fingerprint density at radius 3 is 2.76 bits per heavy atom. The number of carbonyl (C=O) groups excluding carboxylic acids is 2. The maximum Gasteiger partial charge on any atom is 0.271 e. The molecule has 1 aliphatic heterocycles. The molecule has 2 aromatic heterocycles. The number of nitrogens with one attached hydrogen (secondary N) is 1. The second-order valence-electron chi connectivity index (χ2n) is 9.95. The number of amides is 2. The Labute approximate surface area is 199 Å². The van der Waals surface area contributed by atoms with Gasteiger partial charge in [0.05, 0.1) is 16.8 Å². The molecule has 1 N–H and O–H groups in total. The number of aromatic nitrogens is 1. The van der Waals surface area contributed by atoms with Crippen molar-refractivity contribution in [3.8, 4) is 0 Å². The molecule has 5 rings (SSSR count). The number of hydrogen-bond donors (Lipinski definition) is 1. The minimum atomic E-state index is -0.911. The number of aryl methyl sites for hydroxylation is 1. The van der Waals surface area contributed by atoms with Crippen molar-refractivity contribution in [2.45, 2.75) is 70.5 Å². The third kappa shape index (κ3) is 4.10. The highest BCUT2D eigenvalue weighted by atomic mass is 32.1. The lowest BCUT2D eigenvalue weighted by Gasteiger charge is -2.45. The van der Waals surface area contributed by atoms with Crippen LogP contribution in [0, 0.1) is 5.92 Å². The van der Waals surface area contributed by atoms with Crippen molar-refractivity contribution in [2.75, 3.05) is 6.54 Å². The van der Waals surface area contributed by atoms with Gasteiger partial charge in [-0.1, -0.05) is 50.1 Å². The summed E-state index contributed by atoms with van der Waals surface area (Å²) in [5.74, 6) is 0.423. The molecule has 0 radical (unpaired) electrons. The van der Waals surface area contributed by atoms with Crippen LogP contribution in [-0.4, -0.2) is 39.4 Å². The summed E-state index contributed by atoms with van der Waals surface area (Å²) in [5.41, 5.74) is 2.10. The Hall–Kier alpha value is -2.60. The molecule has 3 aromatic rings. The molecule has 0 unspecified atom stereocenters. The van der Waals surface area contributed by atoms with E-state index in [2.05, 4.69) is 40.4 Å². The van der Waals surface area contributed by atoms with Crippen molar-refractivity contribution in [2.24, 2.45) is 5.92 Å². The molecule has 174 valence electrons. The normalized spacial score (nSPS) is 25.3. The molecule has 1 aliphatic carbocycles. The van der Waals surface area contributed by atoms with Crippen LogP contribution in [0.2, 0.25) is 0 Å². The molecule has 1 fully saturated rings. The SMILES string of the molecule is C[C@@H]1CCCC[C@H]1NC(=O)[C@]1(C)Cn2c(cc3sccc32)C(=O)N1CCCc1ccccc1. The zero-order valence-corrected chi connectivity index (χ0v) is 20.4. The van der Waals surface area contributed by atoms with Crippen LogP contribution in [-0.2, 0) is 17.8 Å². The molecule has 6 heteroatoms. The fraction of sp³-hybridized carbons (Fsp3) is 0.481. The van der Waals surface area contributed by atoms with Gasteiger partial charge in [-0.05, 0) is 61.6 Å². The summed E-state index contributed by atoms with van der Waals surface area (Å²) in [5, 5.41) is 5.41. The zero-order valence-electron chi connectivity index (χ0n) is 19.5. The third-order valence-corrected chi connectivity index (χ3v) is 8.51. The molecular weight excluding hydrogens is 430 g/mol. The molecule has 0 spiro atoms. The van der Waals surface area contributed by atoms with Crippen LogP contribution < -0.4 is 5.32 Å². The van der Waals surface area contributed by atoms with E-state index in [1.807, 2.05) is 36.1 Å². The smallest absolute Gasteiger partial charge is 0.271 e. The Kier molecular flexibility index (Phi) is 6.04. The summed E-state index contributed by atoms with van der Waals surface area (Å²) < 4.78 is 3.17. The molecule has 2 amide bonds. The fourth-order valence-electron chi connectivity index (χ4n) is 5.56. The van der Waals surface area contributed by atoms with Crippen LogP contribution in [0.25, 0.3) is 10.2 Å². The first-order chi connectivity index (χ1) is 16.0. The standard InChI is InChI=1S/C27H33N3O2S/c1-19-9-6-7-13-21(19)28-26(32)27(2)18-29-22-14-16-33-24(22)17-23(29)25(31)30(27)15-8-12-20-10-4-3-5-11-20/h3-5,10-11,14,16-17,19,21H,6-9,12-13,15,18H2,1-2H3,(H,28,32)/t19-,21-,27+/m1/s1. The van der Waals surface area contributed by atoms with Crippen molar-refractivity contribution >= 4 is 33.4 Å². The number of rotatable bonds is 6. The van der Waals surface area contributed by atoms with Crippen LogP contribution in [0.5, 0.6) is 0 Å². The van der Waals surface area contributed by atoms with Gasteiger partial charge in [-0.3, -0.25) is 9.59 Å². The molecule has 0 bridgehead atoms. The number of carbonyl (C=O) groups is 2. The first kappa shape index (κ1) is 22.2. The molecule has 0 saturated heterocycles. The maximum atomic E-state index is 13.8. The first-order valence-corrected chi connectivity index (χ1v) is 13.1. The van der Waals surface area contributed by atoms with Crippen LogP contribution in [0.4, 0.5) is 0 Å². The summed E-state index contributed by atoms with van der Waals surface area (Å²) in [6.45, 7) is 5.25. The Morgan fingerprint density at radius 1 is 1.18 bits per heavy atom. The second-order valence-corrected chi connectivity index (χ2v) is 10.9. The molecule has 3 atom stereocenters. The molecule has 33 heavy (non-hydrogen) atoms. The zero-order chi connectivity index (χ0) is 23.0. The monoisotopic (exact) mass is 463 g/mol. The Morgan fingerprint density at radius 2 is 1.97 bits per heavy atom. The van der Waals surface area contributed by atoms with Gasteiger partial charge in [-0.25, -0.2) is 0 Å². The van der Waals surface area contributed by atoms with Crippen LogP contribution >= 0.6 is 11.3 Å². The van der Waals surface area contributed by atoms with Gasteiger partial charge >= 0.3 is 0 Å². The molecular formula is C27H33N3O2S. The Balaban J connectivity index is 1.43. The number of thiophene rings is 1.